The van der Waals surface area contributed by atoms with Gasteiger partial charge in [0.15, 0.2) is 0 Å². The average Bonchev–Trinajstić information content (AvgIpc) is 2.26. The molecule has 0 spiro atoms. The summed E-state index contributed by atoms with van der Waals surface area (Å²) >= 11 is 1.96. The second kappa shape index (κ2) is 6.75. The van der Waals surface area contributed by atoms with Crippen molar-refractivity contribution in [2.24, 2.45) is 0 Å². The van der Waals surface area contributed by atoms with Crippen LogP contribution >= 0.6 is 22.6 Å². The molecule has 0 saturated carbocycles. The molecule has 1 atom stereocenters. The molecule has 0 aliphatic heterocycles. The van der Waals surface area contributed by atoms with E-state index in [4.69, 9.17) is 5.11 Å². The molecule has 1 unspecified atom stereocenters. The zero-order chi connectivity index (χ0) is 12.8. The van der Waals surface area contributed by atoms with Gasteiger partial charge in [-0.3, -0.25) is 10.1 Å². The molecular weight excluding hydrogens is 335 g/mol. The summed E-state index contributed by atoms with van der Waals surface area (Å²) in [5.41, 5.74) is 0.990. The Morgan fingerprint density at radius 1 is 1.59 bits per heavy atom. The minimum atomic E-state index is -0.388. The summed E-state index contributed by atoms with van der Waals surface area (Å²) in [6.07, 6.45) is 1.61. The molecule has 1 aromatic carbocycles. The Hall–Kier alpha value is -0.890. The number of rotatable bonds is 6. The van der Waals surface area contributed by atoms with E-state index in [1.807, 2.05) is 29.5 Å². The summed E-state index contributed by atoms with van der Waals surface area (Å²) in [5, 5.41) is 22.6. The lowest BCUT2D eigenvalue weighted by molar-refractivity contribution is -0.385. The zero-order valence-electron chi connectivity index (χ0n) is 9.52. The van der Waals surface area contributed by atoms with Crippen LogP contribution in [0.5, 0.6) is 0 Å². The van der Waals surface area contributed by atoms with Gasteiger partial charge in [-0.25, -0.2) is 0 Å². The fourth-order valence-corrected chi connectivity index (χ4v) is 2.21. The van der Waals surface area contributed by atoms with E-state index in [-0.39, 0.29) is 23.3 Å². The van der Waals surface area contributed by atoms with Crippen LogP contribution < -0.4 is 5.32 Å². The predicted molar refractivity (Wildman–Crippen MR) is 75.2 cm³/mol. The summed E-state index contributed by atoms with van der Waals surface area (Å²) in [5.74, 6) is 0. The monoisotopic (exact) mass is 350 g/mol. The number of nitro groups is 1. The van der Waals surface area contributed by atoms with Gasteiger partial charge in [0, 0.05) is 24.4 Å². The van der Waals surface area contributed by atoms with Gasteiger partial charge in [-0.05, 0) is 54.5 Å². The van der Waals surface area contributed by atoms with E-state index in [2.05, 4.69) is 5.32 Å². The highest BCUT2D eigenvalue weighted by atomic mass is 127. The number of anilines is 1. The fourth-order valence-electron chi connectivity index (χ4n) is 1.50. The van der Waals surface area contributed by atoms with Crippen LogP contribution in [0, 0.1) is 13.7 Å². The van der Waals surface area contributed by atoms with Crippen molar-refractivity contribution < 1.29 is 10.0 Å². The van der Waals surface area contributed by atoms with Crippen molar-refractivity contribution >= 4 is 34.0 Å². The number of aliphatic hydroxyl groups is 1. The summed E-state index contributed by atoms with van der Waals surface area (Å²) in [6, 6.07) is 5.20. The van der Waals surface area contributed by atoms with Gasteiger partial charge >= 0.3 is 0 Å². The van der Waals surface area contributed by atoms with Gasteiger partial charge in [0.2, 0.25) is 0 Å². The molecule has 6 heteroatoms. The Morgan fingerprint density at radius 2 is 2.29 bits per heavy atom. The van der Waals surface area contributed by atoms with Crippen LogP contribution in [0.15, 0.2) is 18.2 Å². The Labute approximate surface area is 114 Å². The molecule has 0 amide bonds. The quantitative estimate of drug-likeness (QED) is 0.470. The van der Waals surface area contributed by atoms with E-state index in [1.54, 1.807) is 12.1 Å². The molecule has 94 valence electrons. The van der Waals surface area contributed by atoms with Gasteiger partial charge < -0.3 is 10.4 Å². The molecule has 5 nitrogen and oxygen atoms in total. The first-order valence-electron chi connectivity index (χ1n) is 5.36. The molecule has 0 bridgehead atoms. The number of hydrogen-bond acceptors (Lipinski definition) is 4. The van der Waals surface area contributed by atoms with Crippen LogP contribution in [0.4, 0.5) is 11.4 Å². The molecular formula is C11H15IN2O3. The topological polar surface area (TPSA) is 75.4 Å². The van der Waals surface area contributed by atoms with Crippen LogP contribution in [0.25, 0.3) is 0 Å². The maximum Gasteiger partial charge on any atom is 0.282 e. The molecule has 0 aromatic heterocycles. The van der Waals surface area contributed by atoms with Gasteiger partial charge in [-0.15, -0.1) is 0 Å². The standard InChI is InChI=1S/C11H15IN2O3/c1-8(3-2-6-15)13-9-4-5-11(14(16)17)10(12)7-9/h4-5,7-8,13,15H,2-3,6H2,1H3. The summed E-state index contributed by atoms with van der Waals surface area (Å²) < 4.78 is 0.618. The third-order valence-corrected chi connectivity index (χ3v) is 3.22. The van der Waals surface area contributed by atoms with Crippen molar-refractivity contribution in [2.45, 2.75) is 25.8 Å². The lowest BCUT2D eigenvalue weighted by Gasteiger charge is -2.14. The largest absolute Gasteiger partial charge is 0.396 e. The minimum absolute atomic E-state index is 0.124. The molecule has 1 aromatic rings. The maximum atomic E-state index is 10.6. The fraction of sp³-hybridized carbons (Fsp3) is 0.455. The first kappa shape index (κ1) is 14.2. The van der Waals surface area contributed by atoms with E-state index in [0.717, 1.165) is 18.5 Å². The Kier molecular flexibility index (Phi) is 5.63. The second-order valence-electron chi connectivity index (χ2n) is 3.83. The lowest BCUT2D eigenvalue weighted by Crippen LogP contribution is -2.15. The van der Waals surface area contributed by atoms with Crippen molar-refractivity contribution in [1.29, 1.82) is 0 Å². The van der Waals surface area contributed by atoms with E-state index in [1.165, 1.54) is 6.07 Å². The van der Waals surface area contributed by atoms with Crippen LogP contribution in [0.2, 0.25) is 0 Å². The number of nitrogens with one attached hydrogen (secondary N) is 1. The maximum absolute atomic E-state index is 10.6. The number of halogens is 1. The van der Waals surface area contributed by atoms with Crippen LogP contribution in [0.3, 0.4) is 0 Å². The first-order chi connectivity index (χ1) is 8.04. The third kappa shape index (κ3) is 4.47. The van der Waals surface area contributed by atoms with Crippen molar-refractivity contribution in [3.8, 4) is 0 Å². The van der Waals surface area contributed by atoms with E-state index >= 15 is 0 Å². The van der Waals surface area contributed by atoms with E-state index in [0.29, 0.717) is 3.57 Å². The van der Waals surface area contributed by atoms with Gasteiger partial charge in [0.1, 0.15) is 0 Å². The van der Waals surface area contributed by atoms with Gasteiger partial charge in [-0.1, -0.05) is 0 Å². The van der Waals surface area contributed by atoms with Crippen LogP contribution in [-0.2, 0) is 0 Å². The summed E-state index contributed by atoms with van der Waals surface area (Å²) in [4.78, 5) is 10.3. The smallest absolute Gasteiger partial charge is 0.282 e. The zero-order valence-corrected chi connectivity index (χ0v) is 11.7. The predicted octanol–water partition coefficient (Wildman–Crippen LogP) is 2.77. The highest BCUT2D eigenvalue weighted by molar-refractivity contribution is 14.1. The average molecular weight is 350 g/mol. The first-order valence-corrected chi connectivity index (χ1v) is 6.44. The van der Waals surface area contributed by atoms with E-state index < -0.39 is 0 Å². The molecule has 0 heterocycles. The Balaban J connectivity index is 2.67. The third-order valence-electron chi connectivity index (χ3n) is 2.35. The molecule has 2 N–H and O–H groups in total. The minimum Gasteiger partial charge on any atom is -0.396 e. The number of nitro benzene ring substituents is 1. The lowest BCUT2D eigenvalue weighted by atomic mass is 10.2. The highest BCUT2D eigenvalue weighted by Crippen LogP contribution is 2.24. The van der Waals surface area contributed by atoms with E-state index in [9.17, 15) is 10.1 Å². The Bertz CT molecular complexity index is 398. The van der Waals surface area contributed by atoms with Crippen molar-refractivity contribution in [3.63, 3.8) is 0 Å². The normalized spacial score (nSPS) is 12.2. The molecule has 0 aliphatic carbocycles. The summed E-state index contributed by atoms with van der Waals surface area (Å²) in [7, 11) is 0. The molecule has 0 saturated heterocycles. The molecule has 0 radical (unpaired) electrons. The van der Waals surface area contributed by atoms with Crippen molar-refractivity contribution in [1.82, 2.24) is 0 Å². The Morgan fingerprint density at radius 3 is 2.82 bits per heavy atom. The van der Waals surface area contributed by atoms with Gasteiger partial charge in [0.05, 0.1) is 8.49 Å². The number of nitrogens with zero attached hydrogens (tertiary/aromatic N) is 1. The number of aliphatic hydroxyl groups excluding tert-OH is 1. The van der Waals surface area contributed by atoms with Crippen LogP contribution in [0.1, 0.15) is 19.8 Å². The van der Waals surface area contributed by atoms with Crippen molar-refractivity contribution in [3.05, 3.63) is 31.9 Å². The number of hydrogen-bond donors (Lipinski definition) is 2. The molecule has 0 fully saturated rings. The molecule has 1 rings (SSSR count). The molecule has 17 heavy (non-hydrogen) atoms. The SMILES string of the molecule is CC(CCCO)Nc1ccc([N+](=O)[O-])c(I)c1. The van der Waals surface area contributed by atoms with Crippen LogP contribution in [-0.4, -0.2) is 22.7 Å². The molecule has 0 aliphatic rings. The van der Waals surface area contributed by atoms with Gasteiger partial charge in [0.25, 0.3) is 5.69 Å². The van der Waals surface area contributed by atoms with Crippen molar-refractivity contribution in [2.75, 3.05) is 11.9 Å². The highest BCUT2D eigenvalue weighted by Gasteiger charge is 2.12. The summed E-state index contributed by atoms with van der Waals surface area (Å²) in [6.45, 7) is 2.20. The second-order valence-corrected chi connectivity index (χ2v) is 5.00. The number of benzene rings is 1. The van der Waals surface area contributed by atoms with Gasteiger partial charge in [-0.2, -0.15) is 0 Å².